The molecular formula is C18H24ClF2N3O4. The van der Waals surface area contributed by atoms with Gasteiger partial charge in [-0.25, -0.2) is 0 Å². The summed E-state index contributed by atoms with van der Waals surface area (Å²) in [5, 5.41) is 3.04. The SMILES string of the molecule is COc1cc(C(=O)N2CCCC(N3CCNCC3=O)C2)ccc1OC(F)F.Cl. The minimum Gasteiger partial charge on any atom is -0.493 e. The zero-order valence-electron chi connectivity index (χ0n) is 15.5. The Kier molecular flexibility index (Phi) is 7.82. The molecule has 28 heavy (non-hydrogen) atoms. The lowest BCUT2D eigenvalue weighted by atomic mass is 10.0. The van der Waals surface area contributed by atoms with Crippen LogP contribution in [0.2, 0.25) is 0 Å². The maximum Gasteiger partial charge on any atom is 0.387 e. The van der Waals surface area contributed by atoms with Crippen LogP contribution in [0.1, 0.15) is 23.2 Å². The molecule has 7 nitrogen and oxygen atoms in total. The minimum atomic E-state index is -2.97. The molecule has 10 heteroatoms. The van der Waals surface area contributed by atoms with Crippen molar-refractivity contribution in [2.24, 2.45) is 0 Å². The monoisotopic (exact) mass is 419 g/mol. The van der Waals surface area contributed by atoms with Crippen LogP contribution < -0.4 is 14.8 Å². The summed E-state index contributed by atoms with van der Waals surface area (Å²) < 4.78 is 34.4. The summed E-state index contributed by atoms with van der Waals surface area (Å²) in [6.45, 7) is -0.208. The zero-order chi connectivity index (χ0) is 19.4. The maximum atomic E-state index is 12.9. The van der Waals surface area contributed by atoms with Crippen molar-refractivity contribution < 1.29 is 27.8 Å². The third-order valence-corrected chi connectivity index (χ3v) is 4.88. The van der Waals surface area contributed by atoms with Gasteiger partial charge in [0.2, 0.25) is 5.91 Å². The number of likely N-dealkylation sites (tertiary alicyclic amines) is 1. The summed E-state index contributed by atoms with van der Waals surface area (Å²) >= 11 is 0. The molecule has 0 bridgehead atoms. The summed E-state index contributed by atoms with van der Waals surface area (Å²) in [6, 6.07) is 4.15. The van der Waals surface area contributed by atoms with Crippen LogP contribution in [-0.2, 0) is 4.79 Å². The number of halogens is 3. The molecule has 1 unspecified atom stereocenters. The third-order valence-electron chi connectivity index (χ3n) is 4.88. The number of carbonyl (C=O) groups is 2. The Morgan fingerprint density at radius 3 is 2.75 bits per heavy atom. The molecule has 2 amide bonds. The molecule has 2 fully saturated rings. The molecule has 0 saturated carbocycles. The van der Waals surface area contributed by atoms with E-state index >= 15 is 0 Å². The van der Waals surface area contributed by atoms with E-state index in [2.05, 4.69) is 10.1 Å². The molecular weight excluding hydrogens is 396 g/mol. The van der Waals surface area contributed by atoms with E-state index in [1.165, 1.54) is 25.3 Å². The number of carbonyl (C=O) groups excluding carboxylic acids is 2. The number of benzene rings is 1. The van der Waals surface area contributed by atoms with Crippen molar-refractivity contribution in [3.05, 3.63) is 23.8 Å². The van der Waals surface area contributed by atoms with E-state index in [-0.39, 0.29) is 41.8 Å². The topological polar surface area (TPSA) is 71.1 Å². The Balaban J connectivity index is 0.00000280. The van der Waals surface area contributed by atoms with E-state index < -0.39 is 6.61 Å². The molecule has 0 radical (unpaired) electrons. The normalized spacial score (nSPS) is 20.0. The second-order valence-corrected chi connectivity index (χ2v) is 6.56. The number of nitrogens with one attached hydrogen (secondary N) is 1. The molecule has 3 rings (SSSR count). The average Bonchev–Trinajstić information content (AvgIpc) is 2.68. The van der Waals surface area contributed by atoms with Crippen LogP contribution >= 0.6 is 12.4 Å². The highest BCUT2D eigenvalue weighted by Crippen LogP contribution is 2.30. The molecule has 1 N–H and O–H groups in total. The Labute approximate surface area is 168 Å². The van der Waals surface area contributed by atoms with E-state index in [0.29, 0.717) is 31.7 Å². The van der Waals surface area contributed by atoms with Crippen LogP contribution in [-0.4, -0.2) is 74.1 Å². The van der Waals surface area contributed by atoms with Crippen molar-refractivity contribution in [3.8, 4) is 11.5 Å². The van der Waals surface area contributed by atoms with Gasteiger partial charge in [-0.1, -0.05) is 0 Å². The fourth-order valence-electron chi connectivity index (χ4n) is 3.58. The minimum absolute atomic E-state index is 0. The highest BCUT2D eigenvalue weighted by atomic mass is 35.5. The Morgan fingerprint density at radius 2 is 2.07 bits per heavy atom. The first-order valence-electron chi connectivity index (χ1n) is 8.92. The molecule has 2 saturated heterocycles. The van der Waals surface area contributed by atoms with E-state index in [1.807, 2.05) is 4.90 Å². The molecule has 156 valence electrons. The molecule has 1 aromatic carbocycles. The number of alkyl halides is 2. The van der Waals surface area contributed by atoms with Crippen LogP contribution in [0, 0.1) is 0 Å². The Morgan fingerprint density at radius 1 is 1.29 bits per heavy atom. The molecule has 0 aromatic heterocycles. The van der Waals surface area contributed by atoms with Gasteiger partial charge in [0.25, 0.3) is 5.91 Å². The number of methoxy groups -OCH3 is 1. The van der Waals surface area contributed by atoms with Gasteiger partial charge in [-0.2, -0.15) is 8.78 Å². The fourth-order valence-corrected chi connectivity index (χ4v) is 3.58. The number of hydrogen-bond donors (Lipinski definition) is 1. The average molecular weight is 420 g/mol. The number of rotatable bonds is 5. The Bertz CT molecular complexity index is 707. The largest absolute Gasteiger partial charge is 0.493 e. The molecule has 2 aliphatic rings. The van der Waals surface area contributed by atoms with Crippen LogP contribution in [0.4, 0.5) is 8.78 Å². The predicted molar refractivity (Wildman–Crippen MR) is 100 cm³/mol. The quantitative estimate of drug-likeness (QED) is 0.787. The third kappa shape index (κ3) is 5.02. The van der Waals surface area contributed by atoms with Crippen molar-refractivity contribution in [2.45, 2.75) is 25.5 Å². The number of ether oxygens (including phenoxy) is 2. The standard InChI is InChI=1S/C18H23F2N3O4.ClH/c1-26-15-9-12(4-5-14(15)27-18(19)20)17(25)22-7-2-3-13(11-22)23-8-6-21-10-16(23)24;/h4-5,9,13,18,21H,2-3,6-8,10-11H2,1H3;1H. The molecule has 1 aromatic rings. The number of nitrogens with zero attached hydrogens (tertiary/aromatic N) is 2. The molecule has 1 atom stereocenters. The van der Waals surface area contributed by atoms with Gasteiger partial charge in [0.1, 0.15) is 0 Å². The zero-order valence-corrected chi connectivity index (χ0v) is 16.3. The lowest BCUT2D eigenvalue weighted by Crippen LogP contribution is -2.57. The summed E-state index contributed by atoms with van der Waals surface area (Å²) in [5.41, 5.74) is 0.334. The van der Waals surface area contributed by atoms with Crippen LogP contribution in [0.25, 0.3) is 0 Å². The van der Waals surface area contributed by atoms with Gasteiger partial charge in [0.15, 0.2) is 11.5 Å². The Hall–Kier alpha value is -2.13. The van der Waals surface area contributed by atoms with Gasteiger partial charge in [-0.05, 0) is 31.0 Å². The fraction of sp³-hybridized carbons (Fsp3) is 0.556. The van der Waals surface area contributed by atoms with Gasteiger partial charge in [-0.3, -0.25) is 9.59 Å². The van der Waals surface area contributed by atoms with Gasteiger partial charge in [-0.15, -0.1) is 12.4 Å². The second kappa shape index (κ2) is 9.88. The van der Waals surface area contributed by atoms with Crippen molar-refractivity contribution in [1.82, 2.24) is 15.1 Å². The molecule has 2 heterocycles. The van der Waals surface area contributed by atoms with E-state index in [0.717, 1.165) is 19.4 Å². The van der Waals surface area contributed by atoms with Crippen molar-refractivity contribution in [3.63, 3.8) is 0 Å². The first-order chi connectivity index (χ1) is 13.0. The molecule has 0 aliphatic carbocycles. The van der Waals surface area contributed by atoms with Gasteiger partial charge >= 0.3 is 6.61 Å². The summed E-state index contributed by atoms with van der Waals surface area (Å²) in [4.78, 5) is 28.5. The molecule has 0 spiro atoms. The number of piperazine rings is 1. The summed E-state index contributed by atoms with van der Waals surface area (Å²) in [7, 11) is 1.33. The van der Waals surface area contributed by atoms with Crippen molar-refractivity contribution >= 4 is 24.2 Å². The number of piperidine rings is 1. The van der Waals surface area contributed by atoms with Crippen molar-refractivity contribution in [2.75, 3.05) is 39.8 Å². The maximum absolute atomic E-state index is 12.9. The van der Waals surface area contributed by atoms with Gasteiger partial charge in [0.05, 0.1) is 13.7 Å². The summed E-state index contributed by atoms with van der Waals surface area (Å²) in [5.74, 6) is -0.209. The van der Waals surface area contributed by atoms with Crippen LogP contribution in [0.5, 0.6) is 11.5 Å². The number of amides is 2. The van der Waals surface area contributed by atoms with Crippen LogP contribution in [0.15, 0.2) is 18.2 Å². The first-order valence-corrected chi connectivity index (χ1v) is 8.92. The van der Waals surface area contributed by atoms with Gasteiger partial charge < -0.3 is 24.6 Å². The highest BCUT2D eigenvalue weighted by Gasteiger charge is 2.32. The first kappa shape index (κ1) is 22.2. The van der Waals surface area contributed by atoms with E-state index in [4.69, 9.17) is 4.74 Å². The smallest absolute Gasteiger partial charge is 0.387 e. The predicted octanol–water partition coefficient (Wildman–Crippen LogP) is 1.75. The van der Waals surface area contributed by atoms with E-state index in [1.54, 1.807) is 4.90 Å². The van der Waals surface area contributed by atoms with Crippen LogP contribution in [0.3, 0.4) is 0 Å². The van der Waals surface area contributed by atoms with Gasteiger partial charge in [0, 0.05) is 37.8 Å². The molecule has 2 aliphatic heterocycles. The van der Waals surface area contributed by atoms with Crippen molar-refractivity contribution in [1.29, 1.82) is 0 Å². The van der Waals surface area contributed by atoms with E-state index in [9.17, 15) is 18.4 Å². The number of hydrogen-bond acceptors (Lipinski definition) is 5. The highest BCUT2D eigenvalue weighted by molar-refractivity contribution is 5.95. The lowest BCUT2D eigenvalue weighted by Gasteiger charge is -2.41. The lowest BCUT2D eigenvalue weighted by molar-refractivity contribution is -0.135. The summed E-state index contributed by atoms with van der Waals surface area (Å²) in [6.07, 6.45) is 1.66. The second-order valence-electron chi connectivity index (χ2n) is 6.56.